The van der Waals surface area contributed by atoms with E-state index < -0.39 is 0 Å². The van der Waals surface area contributed by atoms with Crippen molar-refractivity contribution >= 4 is 6.21 Å². The first-order valence-electron chi connectivity index (χ1n) is 5.20. The van der Waals surface area contributed by atoms with Crippen molar-refractivity contribution in [1.29, 1.82) is 0 Å². The summed E-state index contributed by atoms with van der Waals surface area (Å²) in [5, 5.41) is 0. The Hall–Kier alpha value is -0.590. The van der Waals surface area contributed by atoms with E-state index in [0.717, 1.165) is 6.42 Å². The molecule has 0 rings (SSSR count). The van der Waals surface area contributed by atoms with E-state index in [-0.39, 0.29) is 0 Å². The Kier molecular flexibility index (Phi) is 5.68. The third-order valence-electron chi connectivity index (χ3n) is 2.17. The van der Waals surface area contributed by atoms with Gasteiger partial charge in [0.25, 0.3) is 0 Å². The molecule has 0 N–H and O–H groups in total. The fourth-order valence-corrected chi connectivity index (χ4v) is 1.17. The van der Waals surface area contributed by atoms with Crippen LogP contribution in [-0.4, -0.2) is 6.21 Å². The molecular weight excluding hydrogens is 158 g/mol. The molecule has 0 aromatic carbocycles. The van der Waals surface area contributed by atoms with Crippen molar-refractivity contribution in [1.82, 2.24) is 0 Å². The van der Waals surface area contributed by atoms with Gasteiger partial charge in [0.15, 0.2) is 0 Å². The van der Waals surface area contributed by atoms with Crippen molar-refractivity contribution in [2.24, 2.45) is 16.8 Å². The van der Waals surface area contributed by atoms with Crippen LogP contribution in [0.3, 0.4) is 0 Å². The average Bonchev–Trinajstić information content (AvgIpc) is 2.03. The van der Waals surface area contributed by atoms with Crippen LogP contribution < -0.4 is 0 Å². The Bertz CT molecular complexity index is 195. The Balaban J connectivity index is 4.46. The summed E-state index contributed by atoms with van der Waals surface area (Å²) >= 11 is 0. The lowest BCUT2D eigenvalue weighted by atomic mass is 10.1. The van der Waals surface area contributed by atoms with Crippen LogP contribution in [0.2, 0.25) is 0 Å². The first-order chi connectivity index (χ1) is 5.99. The van der Waals surface area contributed by atoms with E-state index in [1.54, 1.807) is 0 Å². The number of nitrogens with zero attached hydrogens (tertiary/aromatic N) is 1. The summed E-state index contributed by atoms with van der Waals surface area (Å²) in [5.41, 5.74) is 2.56. The highest BCUT2D eigenvalue weighted by Crippen LogP contribution is 2.15. The Labute approximate surface area is 83.0 Å². The van der Waals surface area contributed by atoms with Crippen LogP contribution in [0.4, 0.5) is 0 Å². The predicted octanol–water partition coefficient (Wildman–Crippen LogP) is 4.05. The van der Waals surface area contributed by atoms with Crippen molar-refractivity contribution in [2.75, 3.05) is 0 Å². The van der Waals surface area contributed by atoms with Crippen LogP contribution in [0.5, 0.6) is 0 Å². The van der Waals surface area contributed by atoms with E-state index in [0.29, 0.717) is 11.8 Å². The third-order valence-corrected chi connectivity index (χ3v) is 2.17. The van der Waals surface area contributed by atoms with Crippen molar-refractivity contribution in [2.45, 2.75) is 48.0 Å². The molecule has 13 heavy (non-hydrogen) atoms. The minimum absolute atomic E-state index is 0.533. The van der Waals surface area contributed by atoms with E-state index in [1.165, 1.54) is 11.3 Å². The maximum atomic E-state index is 4.55. The molecule has 0 radical (unpaired) electrons. The SMILES string of the molecule is CCC(C)/C=N\C(=C(C)C)C(C)C. The third kappa shape index (κ3) is 4.87. The van der Waals surface area contributed by atoms with E-state index in [9.17, 15) is 0 Å². The monoisotopic (exact) mass is 181 g/mol. The van der Waals surface area contributed by atoms with Crippen LogP contribution in [0.25, 0.3) is 0 Å². The van der Waals surface area contributed by atoms with Crippen molar-refractivity contribution in [3.8, 4) is 0 Å². The number of hydrogen-bond acceptors (Lipinski definition) is 1. The second kappa shape index (κ2) is 5.95. The smallest absolute Gasteiger partial charge is 0.0411 e. The lowest BCUT2D eigenvalue weighted by Gasteiger charge is -2.09. The van der Waals surface area contributed by atoms with Gasteiger partial charge in [0.1, 0.15) is 0 Å². The standard InChI is InChI=1S/C12H23N/c1-7-11(6)8-13-12(9(2)3)10(4)5/h8-9,11H,7H2,1-6H3/b13-8-. The largest absolute Gasteiger partial charge is 0.265 e. The van der Waals surface area contributed by atoms with Crippen LogP contribution in [0.1, 0.15) is 48.0 Å². The molecule has 0 heterocycles. The molecule has 0 aromatic rings. The molecule has 0 aliphatic carbocycles. The van der Waals surface area contributed by atoms with Gasteiger partial charge in [0, 0.05) is 11.9 Å². The highest BCUT2D eigenvalue weighted by Gasteiger charge is 2.02. The van der Waals surface area contributed by atoms with Crippen LogP contribution in [0.15, 0.2) is 16.3 Å². The van der Waals surface area contributed by atoms with Crippen LogP contribution in [-0.2, 0) is 0 Å². The van der Waals surface area contributed by atoms with Gasteiger partial charge in [-0.2, -0.15) is 0 Å². The zero-order valence-electron chi connectivity index (χ0n) is 9.89. The minimum atomic E-state index is 0.533. The summed E-state index contributed by atoms with van der Waals surface area (Å²) in [4.78, 5) is 4.55. The number of allylic oxidation sites excluding steroid dienone is 2. The van der Waals surface area contributed by atoms with Crippen LogP contribution in [0, 0.1) is 11.8 Å². The number of rotatable bonds is 4. The molecule has 0 bridgehead atoms. The second-order valence-electron chi connectivity index (χ2n) is 4.20. The summed E-state index contributed by atoms with van der Waals surface area (Å²) in [6.07, 6.45) is 3.24. The summed E-state index contributed by atoms with van der Waals surface area (Å²) in [5.74, 6) is 1.12. The van der Waals surface area contributed by atoms with Gasteiger partial charge in [-0.15, -0.1) is 0 Å². The van der Waals surface area contributed by atoms with Crippen LogP contribution >= 0.6 is 0 Å². The van der Waals surface area contributed by atoms with Gasteiger partial charge in [-0.05, 0) is 32.1 Å². The molecule has 0 aromatic heterocycles. The van der Waals surface area contributed by atoms with E-state index in [1.807, 2.05) is 0 Å². The Morgan fingerprint density at radius 1 is 1.23 bits per heavy atom. The quantitative estimate of drug-likeness (QED) is 0.580. The molecule has 0 aliphatic heterocycles. The molecule has 0 saturated heterocycles. The first-order valence-corrected chi connectivity index (χ1v) is 5.20. The van der Waals surface area contributed by atoms with Gasteiger partial charge in [-0.3, -0.25) is 4.99 Å². The molecule has 0 fully saturated rings. The van der Waals surface area contributed by atoms with Crippen molar-refractivity contribution in [3.63, 3.8) is 0 Å². The molecule has 1 heteroatoms. The molecule has 0 spiro atoms. The zero-order valence-corrected chi connectivity index (χ0v) is 9.89. The van der Waals surface area contributed by atoms with E-state index >= 15 is 0 Å². The molecule has 0 saturated carbocycles. The molecular formula is C12H23N. The Morgan fingerprint density at radius 2 is 1.77 bits per heavy atom. The highest BCUT2D eigenvalue weighted by atomic mass is 14.7. The van der Waals surface area contributed by atoms with Gasteiger partial charge in [-0.1, -0.05) is 33.3 Å². The minimum Gasteiger partial charge on any atom is -0.265 e. The van der Waals surface area contributed by atoms with E-state index in [2.05, 4.69) is 52.7 Å². The molecule has 1 unspecified atom stereocenters. The predicted molar refractivity (Wildman–Crippen MR) is 61.2 cm³/mol. The lowest BCUT2D eigenvalue weighted by molar-refractivity contribution is 0.725. The van der Waals surface area contributed by atoms with Crippen molar-refractivity contribution in [3.05, 3.63) is 11.3 Å². The molecule has 1 atom stereocenters. The first kappa shape index (κ1) is 12.4. The van der Waals surface area contributed by atoms with Crippen molar-refractivity contribution < 1.29 is 0 Å². The molecule has 76 valence electrons. The van der Waals surface area contributed by atoms with Gasteiger partial charge < -0.3 is 0 Å². The number of aliphatic imine (C=N–C) groups is 1. The zero-order chi connectivity index (χ0) is 10.4. The normalized spacial score (nSPS) is 13.8. The Morgan fingerprint density at radius 3 is 2.08 bits per heavy atom. The number of hydrogen-bond donors (Lipinski definition) is 0. The summed E-state index contributed by atoms with van der Waals surface area (Å²) in [6, 6.07) is 0. The van der Waals surface area contributed by atoms with Gasteiger partial charge in [0.05, 0.1) is 0 Å². The summed E-state index contributed by atoms with van der Waals surface area (Å²) in [7, 11) is 0. The average molecular weight is 181 g/mol. The molecule has 0 aliphatic rings. The fraction of sp³-hybridized carbons (Fsp3) is 0.750. The van der Waals surface area contributed by atoms with E-state index in [4.69, 9.17) is 0 Å². The fourth-order valence-electron chi connectivity index (χ4n) is 1.17. The summed E-state index contributed by atoms with van der Waals surface area (Å²) < 4.78 is 0. The second-order valence-corrected chi connectivity index (χ2v) is 4.20. The summed E-state index contributed by atoms with van der Waals surface area (Å²) in [6.45, 7) is 13.0. The maximum absolute atomic E-state index is 4.55. The lowest BCUT2D eigenvalue weighted by Crippen LogP contribution is -1.98. The topological polar surface area (TPSA) is 12.4 Å². The highest BCUT2D eigenvalue weighted by molar-refractivity contribution is 5.61. The maximum Gasteiger partial charge on any atom is 0.0411 e. The van der Waals surface area contributed by atoms with Gasteiger partial charge in [0.2, 0.25) is 0 Å². The molecule has 1 nitrogen and oxygen atoms in total. The van der Waals surface area contributed by atoms with Gasteiger partial charge in [-0.25, -0.2) is 0 Å². The van der Waals surface area contributed by atoms with Gasteiger partial charge >= 0.3 is 0 Å². The molecule has 0 amide bonds.